The van der Waals surface area contributed by atoms with Crippen molar-refractivity contribution >= 4 is 16.9 Å². The Kier molecular flexibility index (Phi) is 6.04. The fourth-order valence-electron chi connectivity index (χ4n) is 4.48. The van der Waals surface area contributed by atoms with Gasteiger partial charge >= 0.3 is 12.5 Å². The molecule has 0 N–H and O–H groups in total. The van der Waals surface area contributed by atoms with Crippen LogP contribution in [0.4, 0.5) is 26.3 Å². The van der Waals surface area contributed by atoms with Crippen LogP contribution in [0.3, 0.4) is 0 Å². The summed E-state index contributed by atoms with van der Waals surface area (Å²) in [6, 6.07) is 11.8. The molecule has 1 amide bonds. The quantitative estimate of drug-likeness (QED) is 0.311. The molecule has 6 nitrogen and oxygen atoms in total. The number of ether oxygens (including phenoxy) is 1. The summed E-state index contributed by atoms with van der Waals surface area (Å²) in [5, 5.41) is 0. The number of fused-ring (bicyclic) bond motifs is 1. The topological polar surface area (TPSA) is 60.3 Å². The zero-order chi connectivity index (χ0) is 26.4. The van der Waals surface area contributed by atoms with Crippen LogP contribution in [0.15, 0.2) is 67.0 Å². The predicted octanol–water partition coefficient (Wildman–Crippen LogP) is 5.97. The van der Waals surface area contributed by atoms with Crippen LogP contribution in [-0.2, 0) is 6.18 Å². The van der Waals surface area contributed by atoms with E-state index < -0.39 is 24.1 Å². The third-order valence-corrected chi connectivity index (χ3v) is 6.11. The van der Waals surface area contributed by atoms with Gasteiger partial charge in [-0.3, -0.25) is 14.3 Å². The molecule has 1 fully saturated rings. The molecule has 37 heavy (non-hydrogen) atoms. The molecular formula is C25H18F6N4O2. The number of nitrogens with zero attached hydrogens (tertiary/aromatic N) is 4. The van der Waals surface area contributed by atoms with Crippen LogP contribution >= 0.6 is 0 Å². The van der Waals surface area contributed by atoms with E-state index in [1.54, 1.807) is 17.3 Å². The van der Waals surface area contributed by atoms with E-state index in [-0.39, 0.29) is 34.1 Å². The van der Waals surface area contributed by atoms with E-state index in [0.29, 0.717) is 13.1 Å². The Hall–Kier alpha value is -4.09. The molecule has 4 aromatic rings. The zero-order valence-corrected chi connectivity index (χ0v) is 18.9. The SMILES string of the molecule is O=C(c1ccc2c(c1)nc(C(F)(F)F)n2-c1ccc(OC(F)(F)F)cc1)N1CCC(c2cccnc2)C1. The molecule has 0 bridgehead atoms. The van der Waals surface area contributed by atoms with E-state index in [4.69, 9.17) is 0 Å². The number of alkyl halides is 6. The minimum Gasteiger partial charge on any atom is -0.406 e. The Morgan fingerprint density at radius 3 is 2.41 bits per heavy atom. The minimum absolute atomic E-state index is 0.0445. The molecule has 1 atom stereocenters. The second-order valence-corrected chi connectivity index (χ2v) is 8.54. The second kappa shape index (κ2) is 9.09. The van der Waals surface area contributed by atoms with Gasteiger partial charge in [0.2, 0.25) is 5.82 Å². The lowest BCUT2D eigenvalue weighted by molar-refractivity contribution is -0.274. The van der Waals surface area contributed by atoms with Gasteiger partial charge in [-0.15, -0.1) is 13.2 Å². The molecule has 0 saturated carbocycles. The Labute approximate surface area is 206 Å². The van der Waals surface area contributed by atoms with Crippen molar-refractivity contribution < 1.29 is 35.9 Å². The number of hydrogen-bond acceptors (Lipinski definition) is 4. The van der Waals surface area contributed by atoms with Crippen molar-refractivity contribution in [2.75, 3.05) is 13.1 Å². The largest absolute Gasteiger partial charge is 0.573 e. The molecule has 1 aliphatic rings. The number of hydrogen-bond donors (Lipinski definition) is 0. The van der Waals surface area contributed by atoms with E-state index in [9.17, 15) is 31.1 Å². The predicted molar refractivity (Wildman–Crippen MR) is 120 cm³/mol. The number of benzene rings is 2. The third kappa shape index (κ3) is 5.09. The van der Waals surface area contributed by atoms with E-state index in [0.717, 1.165) is 40.8 Å². The van der Waals surface area contributed by atoms with Crippen molar-refractivity contribution in [1.29, 1.82) is 0 Å². The number of likely N-dealkylation sites (tertiary alicyclic amines) is 1. The molecule has 5 rings (SSSR count). The van der Waals surface area contributed by atoms with Gasteiger partial charge in [0.25, 0.3) is 5.91 Å². The Morgan fingerprint density at radius 2 is 1.76 bits per heavy atom. The molecule has 192 valence electrons. The molecular weight excluding hydrogens is 502 g/mol. The normalized spacial score (nSPS) is 16.4. The van der Waals surface area contributed by atoms with Crippen molar-refractivity contribution in [3.8, 4) is 11.4 Å². The first-order valence-electron chi connectivity index (χ1n) is 11.1. The van der Waals surface area contributed by atoms with Crippen molar-refractivity contribution in [2.45, 2.75) is 24.9 Å². The number of pyridine rings is 1. The average molecular weight is 520 g/mol. The van der Waals surface area contributed by atoms with Gasteiger partial charge in [-0.05, 0) is 60.5 Å². The summed E-state index contributed by atoms with van der Waals surface area (Å²) in [4.78, 5) is 22.6. The molecule has 2 aromatic carbocycles. The first-order chi connectivity index (χ1) is 17.5. The Balaban J connectivity index is 1.46. The highest BCUT2D eigenvalue weighted by Gasteiger charge is 2.38. The zero-order valence-electron chi connectivity index (χ0n) is 18.9. The Morgan fingerprint density at radius 1 is 1.00 bits per heavy atom. The van der Waals surface area contributed by atoms with Crippen LogP contribution in [0.2, 0.25) is 0 Å². The summed E-state index contributed by atoms with van der Waals surface area (Å²) in [5.74, 6) is -2.06. The number of imidazole rings is 1. The van der Waals surface area contributed by atoms with Crippen LogP contribution in [0.1, 0.15) is 34.1 Å². The highest BCUT2D eigenvalue weighted by atomic mass is 19.4. The maximum absolute atomic E-state index is 13.8. The lowest BCUT2D eigenvalue weighted by atomic mass is 10.0. The van der Waals surface area contributed by atoms with Gasteiger partial charge in [0, 0.05) is 42.7 Å². The van der Waals surface area contributed by atoms with Gasteiger partial charge < -0.3 is 9.64 Å². The van der Waals surface area contributed by atoms with Gasteiger partial charge in [0.15, 0.2) is 0 Å². The first-order valence-corrected chi connectivity index (χ1v) is 11.1. The van der Waals surface area contributed by atoms with Crippen molar-refractivity contribution in [2.24, 2.45) is 0 Å². The van der Waals surface area contributed by atoms with Gasteiger partial charge in [0.1, 0.15) is 5.75 Å². The van der Waals surface area contributed by atoms with Crippen LogP contribution in [0.25, 0.3) is 16.7 Å². The highest BCUT2D eigenvalue weighted by Crippen LogP contribution is 2.35. The van der Waals surface area contributed by atoms with E-state index in [1.165, 1.54) is 18.2 Å². The standard InChI is InChI=1S/C25H18F6N4O2/c26-24(27,28)23-33-20-12-15(22(36)34-11-9-17(14-34)16-2-1-10-32-13-16)3-8-21(20)35(23)18-4-6-19(7-5-18)37-25(29,30)31/h1-8,10,12-13,17H,9,11,14H2. The second-order valence-electron chi connectivity index (χ2n) is 8.54. The van der Waals surface area contributed by atoms with Crippen molar-refractivity contribution in [3.63, 3.8) is 0 Å². The van der Waals surface area contributed by atoms with Crippen LogP contribution in [-0.4, -0.2) is 44.8 Å². The van der Waals surface area contributed by atoms with Crippen molar-refractivity contribution in [3.05, 3.63) is 83.9 Å². The van der Waals surface area contributed by atoms with Crippen molar-refractivity contribution in [1.82, 2.24) is 19.4 Å². The number of carbonyl (C=O) groups is 1. The first kappa shape index (κ1) is 24.6. The number of halogens is 6. The molecule has 3 heterocycles. The summed E-state index contributed by atoms with van der Waals surface area (Å²) in [6.07, 6.45) is -5.65. The fourth-order valence-corrected chi connectivity index (χ4v) is 4.48. The van der Waals surface area contributed by atoms with Crippen LogP contribution < -0.4 is 4.74 Å². The molecule has 1 unspecified atom stereocenters. The summed E-state index contributed by atoms with van der Waals surface area (Å²) < 4.78 is 83.5. The molecule has 2 aromatic heterocycles. The third-order valence-electron chi connectivity index (χ3n) is 6.11. The lowest BCUT2D eigenvalue weighted by Crippen LogP contribution is -2.28. The van der Waals surface area contributed by atoms with E-state index in [2.05, 4.69) is 14.7 Å². The molecule has 0 aliphatic carbocycles. The number of carbonyl (C=O) groups excluding carboxylic acids is 1. The Bertz CT molecular complexity index is 1430. The lowest BCUT2D eigenvalue weighted by Gasteiger charge is -2.17. The van der Waals surface area contributed by atoms with Gasteiger partial charge in [0.05, 0.1) is 11.0 Å². The highest BCUT2D eigenvalue weighted by molar-refractivity contribution is 5.98. The number of amides is 1. The molecule has 0 spiro atoms. The van der Waals surface area contributed by atoms with Crippen LogP contribution in [0, 0.1) is 0 Å². The van der Waals surface area contributed by atoms with Gasteiger partial charge in [-0.2, -0.15) is 13.2 Å². The maximum Gasteiger partial charge on any atom is 0.573 e. The van der Waals surface area contributed by atoms with E-state index >= 15 is 0 Å². The van der Waals surface area contributed by atoms with Gasteiger partial charge in [-0.1, -0.05) is 6.07 Å². The smallest absolute Gasteiger partial charge is 0.406 e. The monoisotopic (exact) mass is 520 g/mol. The number of rotatable bonds is 4. The summed E-state index contributed by atoms with van der Waals surface area (Å²) in [7, 11) is 0. The molecule has 1 saturated heterocycles. The maximum atomic E-state index is 13.8. The summed E-state index contributed by atoms with van der Waals surface area (Å²) in [6.45, 7) is 0.947. The number of aromatic nitrogens is 3. The molecule has 1 aliphatic heterocycles. The molecule has 12 heteroatoms. The fraction of sp³-hybridized carbons (Fsp3) is 0.240. The summed E-state index contributed by atoms with van der Waals surface area (Å²) >= 11 is 0. The van der Waals surface area contributed by atoms with Crippen LogP contribution in [0.5, 0.6) is 5.75 Å². The van der Waals surface area contributed by atoms with Gasteiger partial charge in [-0.25, -0.2) is 4.98 Å². The van der Waals surface area contributed by atoms with E-state index in [1.807, 2.05) is 12.1 Å². The summed E-state index contributed by atoms with van der Waals surface area (Å²) in [5.41, 5.74) is 1.10. The minimum atomic E-state index is -4.93. The molecule has 0 radical (unpaired) electrons. The average Bonchev–Trinajstić information content (AvgIpc) is 3.49.